The molecule has 1 aromatic carbocycles. The Morgan fingerprint density at radius 2 is 1.91 bits per heavy atom. The molecule has 0 N–H and O–H groups in total. The van der Waals surface area contributed by atoms with E-state index in [4.69, 9.17) is 14.5 Å². The van der Waals surface area contributed by atoms with Crippen LogP contribution in [0.25, 0.3) is 21.8 Å². The molecular weight excluding hydrogens is 328 g/mol. The topological polar surface area (TPSA) is 44.2 Å². The zero-order chi connectivity index (χ0) is 15.6. The normalized spacial score (nSPS) is 13.1. The van der Waals surface area contributed by atoms with E-state index in [-0.39, 0.29) is 0 Å². The highest BCUT2D eigenvalue weighted by molar-refractivity contribution is 7.98. The molecule has 2 aromatic heterocycles. The van der Waals surface area contributed by atoms with E-state index in [0.29, 0.717) is 13.2 Å². The molecule has 6 heteroatoms. The zero-order valence-electron chi connectivity index (χ0n) is 12.5. The third kappa shape index (κ3) is 2.92. The summed E-state index contributed by atoms with van der Waals surface area (Å²) in [4.78, 5) is 9.07. The summed E-state index contributed by atoms with van der Waals surface area (Å²) in [7, 11) is 0. The number of thioether (sulfide) groups is 1. The Morgan fingerprint density at radius 1 is 1.04 bits per heavy atom. The number of nitrogens with zero attached hydrogens (tertiary/aromatic N) is 2. The van der Waals surface area contributed by atoms with E-state index in [1.165, 1.54) is 0 Å². The summed E-state index contributed by atoms with van der Waals surface area (Å²) < 4.78 is 11.2. The smallest absolute Gasteiger partial charge is 0.162 e. The molecule has 0 atom stereocenters. The SMILES string of the molecule is CSc1cc(-c2nc(-c3ccc4c(c3)OCCO4)cs2)ccn1. The van der Waals surface area contributed by atoms with Gasteiger partial charge < -0.3 is 9.47 Å². The lowest BCUT2D eigenvalue weighted by atomic mass is 10.1. The summed E-state index contributed by atoms with van der Waals surface area (Å²) >= 11 is 3.27. The van der Waals surface area contributed by atoms with E-state index < -0.39 is 0 Å². The van der Waals surface area contributed by atoms with Crippen molar-refractivity contribution in [2.75, 3.05) is 19.5 Å². The van der Waals surface area contributed by atoms with Crippen molar-refractivity contribution in [1.82, 2.24) is 9.97 Å². The van der Waals surface area contributed by atoms with Gasteiger partial charge in [-0.1, -0.05) is 0 Å². The lowest BCUT2D eigenvalue weighted by Crippen LogP contribution is -2.15. The minimum Gasteiger partial charge on any atom is -0.486 e. The summed E-state index contributed by atoms with van der Waals surface area (Å²) in [6.45, 7) is 1.19. The Hall–Kier alpha value is -2.05. The lowest BCUT2D eigenvalue weighted by Gasteiger charge is -2.18. The van der Waals surface area contributed by atoms with Gasteiger partial charge in [0.1, 0.15) is 18.2 Å². The Morgan fingerprint density at radius 3 is 2.78 bits per heavy atom. The van der Waals surface area contributed by atoms with Crippen LogP contribution in [0.3, 0.4) is 0 Å². The molecule has 0 radical (unpaired) electrons. The average Bonchev–Trinajstić information content (AvgIpc) is 3.11. The maximum Gasteiger partial charge on any atom is 0.162 e. The molecule has 116 valence electrons. The largest absolute Gasteiger partial charge is 0.486 e. The van der Waals surface area contributed by atoms with Crippen molar-refractivity contribution in [3.8, 4) is 33.3 Å². The van der Waals surface area contributed by atoms with Crippen molar-refractivity contribution in [1.29, 1.82) is 0 Å². The maximum absolute atomic E-state index is 5.65. The van der Waals surface area contributed by atoms with Crippen LogP contribution in [0.15, 0.2) is 46.9 Å². The van der Waals surface area contributed by atoms with Crippen LogP contribution in [0.1, 0.15) is 0 Å². The molecule has 3 aromatic rings. The molecule has 0 fully saturated rings. The molecular formula is C17H14N2O2S2. The van der Waals surface area contributed by atoms with Crippen molar-refractivity contribution in [3.63, 3.8) is 0 Å². The van der Waals surface area contributed by atoms with E-state index in [9.17, 15) is 0 Å². The predicted octanol–water partition coefficient (Wildman–Crippen LogP) is 4.37. The summed E-state index contributed by atoms with van der Waals surface area (Å²) in [5.41, 5.74) is 3.08. The van der Waals surface area contributed by atoms with E-state index in [2.05, 4.69) is 16.4 Å². The average molecular weight is 342 g/mol. The number of hydrogen-bond acceptors (Lipinski definition) is 6. The van der Waals surface area contributed by atoms with Crippen LogP contribution in [0, 0.1) is 0 Å². The van der Waals surface area contributed by atoms with Gasteiger partial charge in [0.2, 0.25) is 0 Å². The molecule has 0 saturated carbocycles. The molecule has 4 nitrogen and oxygen atoms in total. The van der Waals surface area contributed by atoms with Gasteiger partial charge in [0.15, 0.2) is 11.5 Å². The fraction of sp³-hybridized carbons (Fsp3) is 0.176. The molecule has 0 spiro atoms. The van der Waals surface area contributed by atoms with Crippen LogP contribution < -0.4 is 9.47 Å². The first-order valence-electron chi connectivity index (χ1n) is 7.19. The molecule has 0 unspecified atom stereocenters. The number of thiazole rings is 1. The number of aromatic nitrogens is 2. The van der Waals surface area contributed by atoms with E-state index >= 15 is 0 Å². The zero-order valence-corrected chi connectivity index (χ0v) is 14.1. The molecule has 23 heavy (non-hydrogen) atoms. The van der Waals surface area contributed by atoms with E-state index in [1.807, 2.05) is 36.7 Å². The van der Waals surface area contributed by atoms with Crippen molar-refractivity contribution in [2.24, 2.45) is 0 Å². The van der Waals surface area contributed by atoms with Gasteiger partial charge in [-0.3, -0.25) is 0 Å². The van der Waals surface area contributed by atoms with Gasteiger partial charge in [-0.2, -0.15) is 0 Å². The van der Waals surface area contributed by atoms with Gasteiger partial charge >= 0.3 is 0 Å². The van der Waals surface area contributed by atoms with Crippen molar-refractivity contribution < 1.29 is 9.47 Å². The second kappa shape index (κ2) is 6.22. The molecule has 0 amide bonds. The fourth-order valence-corrected chi connectivity index (χ4v) is 3.63. The van der Waals surface area contributed by atoms with Gasteiger partial charge in [0.05, 0.1) is 10.7 Å². The monoisotopic (exact) mass is 342 g/mol. The van der Waals surface area contributed by atoms with E-state index in [1.54, 1.807) is 23.1 Å². The van der Waals surface area contributed by atoms with Crippen molar-refractivity contribution in [2.45, 2.75) is 5.03 Å². The van der Waals surface area contributed by atoms with Gasteiger partial charge in [-0.05, 0) is 36.6 Å². The quantitative estimate of drug-likeness (QED) is 0.662. The van der Waals surface area contributed by atoms with Crippen LogP contribution >= 0.6 is 23.1 Å². The molecule has 0 aliphatic carbocycles. The molecule has 3 heterocycles. The highest BCUT2D eigenvalue weighted by Gasteiger charge is 2.14. The summed E-state index contributed by atoms with van der Waals surface area (Å²) in [6, 6.07) is 10.0. The van der Waals surface area contributed by atoms with E-state index in [0.717, 1.165) is 38.4 Å². The van der Waals surface area contributed by atoms with Crippen LogP contribution in [0.5, 0.6) is 11.5 Å². The number of benzene rings is 1. The predicted molar refractivity (Wildman–Crippen MR) is 93.6 cm³/mol. The lowest BCUT2D eigenvalue weighted by molar-refractivity contribution is 0.171. The first-order valence-corrected chi connectivity index (χ1v) is 9.30. The molecule has 4 rings (SSSR count). The Kier molecular flexibility index (Phi) is 3.93. The highest BCUT2D eigenvalue weighted by atomic mass is 32.2. The van der Waals surface area contributed by atoms with Crippen molar-refractivity contribution in [3.05, 3.63) is 41.9 Å². The van der Waals surface area contributed by atoms with Crippen LogP contribution in [0.2, 0.25) is 0 Å². The maximum atomic E-state index is 5.65. The number of ether oxygens (including phenoxy) is 2. The molecule has 0 bridgehead atoms. The summed E-state index contributed by atoms with van der Waals surface area (Å²) in [5.74, 6) is 1.59. The third-order valence-corrected chi connectivity index (χ3v) is 5.07. The molecule has 1 aliphatic rings. The minimum absolute atomic E-state index is 0.591. The minimum atomic E-state index is 0.591. The first-order chi connectivity index (χ1) is 11.3. The second-order valence-electron chi connectivity index (χ2n) is 4.98. The number of rotatable bonds is 3. The summed E-state index contributed by atoms with van der Waals surface area (Å²) in [6.07, 6.45) is 3.85. The van der Waals surface area contributed by atoms with Crippen molar-refractivity contribution >= 4 is 23.1 Å². The number of pyridine rings is 1. The van der Waals surface area contributed by atoms with Gasteiger partial charge in [-0.25, -0.2) is 9.97 Å². The number of hydrogen-bond donors (Lipinski definition) is 0. The first kappa shape index (κ1) is 14.5. The van der Waals surface area contributed by atoms with Crippen LogP contribution in [-0.4, -0.2) is 29.4 Å². The highest BCUT2D eigenvalue weighted by Crippen LogP contribution is 2.36. The van der Waals surface area contributed by atoms with Crippen LogP contribution in [-0.2, 0) is 0 Å². The fourth-order valence-electron chi connectivity index (χ4n) is 2.40. The second-order valence-corrected chi connectivity index (χ2v) is 6.67. The number of fused-ring (bicyclic) bond motifs is 1. The van der Waals surface area contributed by atoms with Crippen LogP contribution in [0.4, 0.5) is 0 Å². The van der Waals surface area contributed by atoms with Gasteiger partial charge in [-0.15, -0.1) is 23.1 Å². The molecule has 1 aliphatic heterocycles. The third-order valence-electron chi connectivity index (χ3n) is 3.53. The Balaban J connectivity index is 1.67. The van der Waals surface area contributed by atoms with Gasteiger partial charge in [0, 0.05) is 22.7 Å². The standard InChI is InChI=1S/C17H14N2O2S2/c1-22-16-9-12(4-5-18-16)17-19-13(10-23-17)11-2-3-14-15(8-11)21-7-6-20-14/h2-5,8-10H,6-7H2,1H3. The Labute approximate surface area is 142 Å². The van der Waals surface area contributed by atoms with Gasteiger partial charge in [0.25, 0.3) is 0 Å². The Bertz CT molecular complexity index is 848. The molecule has 0 saturated heterocycles. The summed E-state index contributed by atoms with van der Waals surface area (Å²) in [5, 5.41) is 4.06.